The SMILES string of the molecule is CCc1cc(S(=O)(=O)N2CCCN(C(=O)OC)CC2)ccc1OC. The van der Waals surface area contributed by atoms with Crippen molar-refractivity contribution < 1.29 is 22.7 Å². The van der Waals surface area contributed by atoms with Gasteiger partial charge in [-0.15, -0.1) is 0 Å². The summed E-state index contributed by atoms with van der Waals surface area (Å²) in [6.07, 6.45) is 0.834. The number of methoxy groups -OCH3 is 2. The molecule has 0 aromatic heterocycles. The summed E-state index contributed by atoms with van der Waals surface area (Å²) in [5, 5.41) is 0. The maximum Gasteiger partial charge on any atom is 0.409 e. The van der Waals surface area contributed by atoms with Crippen LogP contribution in [0.25, 0.3) is 0 Å². The maximum absolute atomic E-state index is 12.9. The molecular weight excluding hydrogens is 332 g/mol. The van der Waals surface area contributed by atoms with E-state index in [1.807, 2.05) is 6.92 Å². The summed E-state index contributed by atoms with van der Waals surface area (Å²) < 4.78 is 37.2. The number of hydrogen-bond donors (Lipinski definition) is 0. The van der Waals surface area contributed by atoms with Crippen LogP contribution in [0.15, 0.2) is 23.1 Å². The third-order valence-corrected chi connectivity index (χ3v) is 6.05. The second kappa shape index (κ2) is 7.85. The largest absolute Gasteiger partial charge is 0.496 e. The Labute approximate surface area is 143 Å². The molecule has 0 saturated carbocycles. The molecule has 0 radical (unpaired) electrons. The van der Waals surface area contributed by atoms with Crippen molar-refractivity contribution in [2.24, 2.45) is 0 Å². The number of carbonyl (C=O) groups excluding carboxylic acids is 1. The van der Waals surface area contributed by atoms with E-state index in [0.29, 0.717) is 38.2 Å². The van der Waals surface area contributed by atoms with Crippen LogP contribution in [0.2, 0.25) is 0 Å². The Kier molecular flexibility index (Phi) is 6.06. The van der Waals surface area contributed by atoms with E-state index in [2.05, 4.69) is 0 Å². The van der Waals surface area contributed by atoms with Crippen LogP contribution in [0.4, 0.5) is 4.79 Å². The van der Waals surface area contributed by atoms with Gasteiger partial charge in [0.05, 0.1) is 19.1 Å². The minimum atomic E-state index is -3.60. The van der Waals surface area contributed by atoms with Crippen molar-refractivity contribution >= 4 is 16.1 Å². The highest BCUT2D eigenvalue weighted by atomic mass is 32.2. The molecule has 0 aliphatic carbocycles. The number of rotatable bonds is 4. The molecular formula is C16H24N2O5S. The lowest BCUT2D eigenvalue weighted by Gasteiger charge is -2.21. The summed E-state index contributed by atoms with van der Waals surface area (Å²) in [6, 6.07) is 4.91. The lowest BCUT2D eigenvalue weighted by molar-refractivity contribution is 0.126. The Hall–Kier alpha value is -1.80. The molecule has 1 amide bonds. The fourth-order valence-electron chi connectivity index (χ4n) is 2.79. The summed E-state index contributed by atoms with van der Waals surface area (Å²) in [5.74, 6) is 0.684. The van der Waals surface area contributed by atoms with Crippen molar-refractivity contribution in [3.63, 3.8) is 0 Å². The smallest absolute Gasteiger partial charge is 0.409 e. The van der Waals surface area contributed by atoms with Gasteiger partial charge in [-0.05, 0) is 36.6 Å². The number of sulfonamides is 1. The van der Waals surface area contributed by atoms with Crippen molar-refractivity contribution in [1.29, 1.82) is 0 Å². The fourth-order valence-corrected chi connectivity index (χ4v) is 4.31. The van der Waals surface area contributed by atoms with Gasteiger partial charge < -0.3 is 14.4 Å². The normalized spacial score (nSPS) is 16.5. The number of amides is 1. The third-order valence-electron chi connectivity index (χ3n) is 4.16. The van der Waals surface area contributed by atoms with Gasteiger partial charge in [-0.2, -0.15) is 4.31 Å². The average molecular weight is 356 g/mol. The van der Waals surface area contributed by atoms with Gasteiger partial charge in [0.15, 0.2) is 0 Å². The van der Waals surface area contributed by atoms with E-state index in [4.69, 9.17) is 9.47 Å². The number of hydrogen-bond acceptors (Lipinski definition) is 5. The summed E-state index contributed by atoms with van der Waals surface area (Å²) in [5.41, 5.74) is 0.851. The zero-order valence-electron chi connectivity index (χ0n) is 14.3. The van der Waals surface area contributed by atoms with Gasteiger partial charge in [0.2, 0.25) is 10.0 Å². The molecule has 0 spiro atoms. The van der Waals surface area contributed by atoms with E-state index in [1.165, 1.54) is 16.3 Å². The zero-order valence-corrected chi connectivity index (χ0v) is 15.1. The maximum atomic E-state index is 12.9. The number of ether oxygens (including phenoxy) is 2. The molecule has 1 aromatic carbocycles. The molecule has 24 heavy (non-hydrogen) atoms. The molecule has 0 N–H and O–H groups in total. The summed E-state index contributed by atoms with van der Waals surface area (Å²) >= 11 is 0. The minimum absolute atomic E-state index is 0.255. The summed E-state index contributed by atoms with van der Waals surface area (Å²) in [7, 11) is -0.707. The standard InChI is InChI=1S/C16H24N2O5S/c1-4-13-12-14(6-7-15(13)22-2)24(20,21)18-9-5-8-17(10-11-18)16(19)23-3/h6-7,12H,4-5,8-11H2,1-3H3. The van der Waals surface area contributed by atoms with Crippen molar-refractivity contribution in [2.75, 3.05) is 40.4 Å². The predicted molar refractivity (Wildman–Crippen MR) is 89.7 cm³/mol. The number of aryl methyl sites for hydroxylation is 1. The molecule has 1 aliphatic heterocycles. The van der Waals surface area contributed by atoms with Gasteiger partial charge in [-0.25, -0.2) is 13.2 Å². The lowest BCUT2D eigenvalue weighted by Crippen LogP contribution is -2.37. The second-order valence-electron chi connectivity index (χ2n) is 5.54. The van der Waals surface area contributed by atoms with E-state index in [9.17, 15) is 13.2 Å². The van der Waals surface area contributed by atoms with E-state index in [0.717, 1.165) is 5.56 Å². The first-order valence-corrected chi connectivity index (χ1v) is 9.38. The number of benzene rings is 1. The first-order chi connectivity index (χ1) is 11.4. The van der Waals surface area contributed by atoms with Crippen LogP contribution in [-0.2, 0) is 21.2 Å². The van der Waals surface area contributed by atoms with Crippen molar-refractivity contribution in [3.05, 3.63) is 23.8 Å². The first kappa shape index (κ1) is 18.5. The first-order valence-electron chi connectivity index (χ1n) is 7.94. The van der Waals surface area contributed by atoms with Gasteiger partial charge >= 0.3 is 6.09 Å². The average Bonchev–Trinajstić information content (AvgIpc) is 2.87. The molecule has 2 rings (SSSR count). The molecule has 134 valence electrons. The Morgan fingerprint density at radius 1 is 1.17 bits per heavy atom. The molecule has 1 saturated heterocycles. The van der Waals surface area contributed by atoms with Crippen molar-refractivity contribution in [3.8, 4) is 5.75 Å². The van der Waals surface area contributed by atoms with E-state index >= 15 is 0 Å². The minimum Gasteiger partial charge on any atom is -0.496 e. The van der Waals surface area contributed by atoms with Gasteiger partial charge in [0.1, 0.15) is 5.75 Å². The molecule has 0 atom stereocenters. The molecule has 1 aliphatic rings. The van der Waals surface area contributed by atoms with E-state index in [-0.39, 0.29) is 11.4 Å². The second-order valence-corrected chi connectivity index (χ2v) is 7.48. The highest BCUT2D eigenvalue weighted by molar-refractivity contribution is 7.89. The fraction of sp³-hybridized carbons (Fsp3) is 0.562. The summed E-state index contributed by atoms with van der Waals surface area (Å²) in [4.78, 5) is 13.4. The Bertz CT molecular complexity index is 690. The van der Waals surface area contributed by atoms with Gasteiger partial charge in [0, 0.05) is 26.2 Å². The van der Waals surface area contributed by atoms with Crippen LogP contribution in [0.3, 0.4) is 0 Å². The molecule has 1 fully saturated rings. The highest BCUT2D eigenvalue weighted by Crippen LogP contribution is 2.25. The monoisotopic (exact) mass is 356 g/mol. The van der Waals surface area contributed by atoms with E-state index in [1.54, 1.807) is 25.3 Å². The van der Waals surface area contributed by atoms with Crippen molar-refractivity contribution in [2.45, 2.75) is 24.7 Å². The molecule has 1 aromatic rings. The van der Waals surface area contributed by atoms with Crippen molar-refractivity contribution in [1.82, 2.24) is 9.21 Å². The van der Waals surface area contributed by atoms with Crippen LogP contribution < -0.4 is 4.74 Å². The molecule has 1 heterocycles. The number of nitrogens with zero attached hydrogens (tertiary/aromatic N) is 2. The molecule has 0 bridgehead atoms. The molecule has 0 unspecified atom stereocenters. The van der Waals surface area contributed by atoms with Crippen LogP contribution in [0, 0.1) is 0 Å². The van der Waals surface area contributed by atoms with Gasteiger partial charge in [-0.1, -0.05) is 6.92 Å². The zero-order chi connectivity index (χ0) is 17.7. The highest BCUT2D eigenvalue weighted by Gasteiger charge is 2.29. The third kappa shape index (κ3) is 3.81. The lowest BCUT2D eigenvalue weighted by atomic mass is 10.1. The quantitative estimate of drug-likeness (QED) is 0.821. The molecule has 7 nitrogen and oxygen atoms in total. The van der Waals surface area contributed by atoms with Crippen LogP contribution in [0.1, 0.15) is 18.9 Å². The van der Waals surface area contributed by atoms with Gasteiger partial charge in [-0.3, -0.25) is 0 Å². The van der Waals surface area contributed by atoms with Crippen LogP contribution >= 0.6 is 0 Å². The van der Waals surface area contributed by atoms with E-state index < -0.39 is 16.1 Å². The van der Waals surface area contributed by atoms with Crippen LogP contribution in [-0.4, -0.2) is 64.1 Å². The summed E-state index contributed by atoms with van der Waals surface area (Å²) in [6.45, 7) is 3.40. The van der Waals surface area contributed by atoms with Crippen LogP contribution in [0.5, 0.6) is 5.75 Å². The predicted octanol–water partition coefficient (Wildman–Crippen LogP) is 1.72. The topological polar surface area (TPSA) is 76.2 Å². The Morgan fingerprint density at radius 2 is 1.92 bits per heavy atom. The van der Waals surface area contributed by atoms with Gasteiger partial charge in [0.25, 0.3) is 0 Å². The molecule has 8 heteroatoms. The Balaban J connectivity index is 2.22. The number of carbonyl (C=O) groups is 1. The Morgan fingerprint density at radius 3 is 2.54 bits per heavy atom.